The van der Waals surface area contributed by atoms with Crippen molar-refractivity contribution < 1.29 is 45.7 Å². The van der Waals surface area contributed by atoms with Crippen molar-refractivity contribution in [1.82, 2.24) is 20.1 Å². The topological polar surface area (TPSA) is 90.4 Å². The summed E-state index contributed by atoms with van der Waals surface area (Å²) in [6.07, 6.45) is -9.51. The number of benzene rings is 1. The lowest BCUT2D eigenvalue weighted by molar-refractivity contribution is -0.376. The minimum absolute atomic E-state index is 0.0857. The number of hydrogen-bond donors (Lipinski definition) is 2. The van der Waals surface area contributed by atoms with E-state index in [9.17, 15) is 36.2 Å². The number of ether oxygens (including phenoxy) is 2. The Kier molecular flexibility index (Phi) is 8.92. The standard InChI is InChI=1S/C30H37F6N5O4/c1-4-5-20-12-21(28(43,29(31,32)33)30(34,35)36)6-7-23(20)41-9-8-40(15-19(41)2)25(42)16-39-17-27(3,38-18-39)22-13-24-26(37-14-22)45-11-10-44-24/h6-7,12-14,19,38,43H,4-5,8-11,15-18H2,1-3H3/t19-,27?/m0/s1. The maximum Gasteiger partial charge on any atom is 0.430 e. The fourth-order valence-electron chi connectivity index (χ4n) is 6.27. The molecular formula is C30H37F6N5O4. The second-order valence-corrected chi connectivity index (χ2v) is 12.1. The number of hydrogen-bond acceptors (Lipinski definition) is 8. The van der Waals surface area contributed by atoms with Crippen LogP contribution >= 0.6 is 0 Å². The lowest BCUT2D eigenvalue weighted by atomic mass is 9.89. The van der Waals surface area contributed by atoms with Crippen LogP contribution < -0.4 is 19.7 Å². The summed E-state index contributed by atoms with van der Waals surface area (Å²) in [5, 5.41) is 13.4. The SMILES string of the molecule is CCCc1cc(C(O)(C(F)(F)F)C(F)(F)F)ccc1N1CCN(C(=O)CN2CNC(C)(c3cnc4c(c3)OCCO4)C2)C[C@@H]1C. The smallest absolute Gasteiger partial charge is 0.430 e. The molecule has 248 valence electrons. The average Bonchev–Trinajstić information content (AvgIpc) is 3.36. The zero-order chi connectivity index (χ0) is 32.8. The van der Waals surface area contributed by atoms with Gasteiger partial charge in [0.2, 0.25) is 5.91 Å². The summed E-state index contributed by atoms with van der Waals surface area (Å²) in [6, 6.07) is 4.33. The Bertz CT molecular complexity index is 1390. The van der Waals surface area contributed by atoms with Crippen LogP contribution in [-0.2, 0) is 22.4 Å². The lowest BCUT2D eigenvalue weighted by Gasteiger charge is -2.43. The molecule has 15 heteroatoms. The zero-order valence-electron chi connectivity index (χ0n) is 25.3. The van der Waals surface area contributed by atoms with Crippen molar-refractivity contribution in [3.05, 3.63) is 47.2 Å². The van der Waals surface area contributed by atoms with Crippen LogP contribution in [0.2, 0.25) is 0 Å². The number of amides is 1. The number of piperazine rings is 1. The van der Waals surface area contributed by atoms with E-state index >= 15 is 0 Å². The molecule has 1 aromatic heterocycles. The molecule has 2 aromatic rings. The van der Waals surface area contributed by atoms with E-state index in [1.165, 1.54) is 6.07 Å². The van der Waals surface area contributed by atoms with E-state index in [1.54, 1.807) is 18.0 Å². The number of alkyl halides is 6. The Hall–Kier alpha value is -3.30. The Morgan fingerprint density at radius 1 is 1.11 bits per heavy atom. The highest BCUT2D eigenvalue weighted by Crippen LogP contribution is 2.50. The van der Waals surface area contributed by atoms with Crippen LogP contribution in [0.5, 0.6) is 11.6 Å². The molecule has 1 amide bonds. The van der Waals surface area contributed by atoms with Gasteiger partial charge in [-0.3, -0.25) is 15.0 Å². The normalized spacial score (nSPS) is 23.0. The van der Waals surface area contributed by atoms with Gasteiger partial charge in [0.05, 0.1) is 12.1 Å². The molecule has 4 heterocycles. The molecule has 3 aliphatic rings. The predicted octanol–water partition coefficient (Wildman–Crippen LogP) is 3.93. The average molecular weight is 646 g/mol. The number of aromatic nitrogens is 1. The van der Waals surface area contributed by atoms with Crippen LogP contribution in [0.1, 0.15) is 43.9 Å². The first kappa shape index (κ1) is 33.1. The molecule has 45 heavy (non-hydrogen) atoms. The monoisotopic (exact) mass is 645 g/mol. The van der Waals surface area contributed by atoms with Crippen LogP contribution in [-0.4, -0.2) is 96.8 Å². The number of carbonyl (C=O) groups is 1. The number of fused-ring (bicyclic) bond motifs is 1. The second kappa shape index (κ2) is 12.1. The number of carbonyl (C=O) groups excluding carboxylic acids is 1. The fraction of sp³-hybridized carbons (Fsp3) is 0.600. The fourth-order valence-corrected chi connectivity index (χ4v) is 6.27. The van der Waals surface area contributed by atoms with E-state index in [-0.39, 0.29) is 30.5 Å². The van der Waals surface area contributed by atoms with Gasteiger partial charge in [0.15, 0.2) is 5.75 Å². The number of nitrogens with one attached hydrogen (secondary N) is 1. The van der Waals surface area contributed by atoms with E-state index in [0.717, 1.165) is 11.6 Å². The van der Waals surface area contributed by atoms with E-state index in [1.807, 2.05) is 29.7 Å². The third-order valence-corrected chi connectivity index (χ3v) is 8.75. The highest BCUT2D eigenvalue weighted by molar-refractivity contribution is 5.79. The summed E-state index contributed by atoms with van der Waals surface area (Å²) < 4.78 is 92.4. The molecule has 1 aromatic carbocycles. The molecule has 2 saturated heterocycles. The molecule has 5 rings (SSSR count). The molecule has 0 bridgehead atoms. The Balaban J connectivity index is 1.25. The molecule has 2 atom stereocenters. The maximum atomic E-state index is 13.5. The largest absolute Gasteiger partial charge is 0.484 e. The number of halogens is 6. The van der Waals surface area contributed by atoms with Gasteiger partial charge >= 0.3 is 12.4 Å². The molecule has 3 aliphatic heterocycles. The van der Waals surface area contributed by atoms with Gasteiger partial charge in [0.25, 0.3) is 11.5 Å². The van der Waals surface area contributed by atoms with E-state index in [2.05, 4.69) is 10.3 Å². The van der Waals surface area contributed by atoms with Gasteiger partial charge in [-0.25, -0.2) is 4.98 Å². The predicted molar refractivity (Wildman–Crippen MR) is 152 cm³/mol. The minimum atomic E-state index is -5.96. The van der Waals surface area contributed by atoms with Crippen molar-refractivity contribution in [3.8, 4) is 11.6 Å². The third kappa shape index (κ3) is 6.26. The van der Waals surface area contributed by atoms with Crippen molar-refractivity contribution in [2.75, 3.05) is 57.5 Å². The first-order chi connectivity index (χ1) is 21.1. The van der Waals surface area contributed by atoms with Gasteiger partial charge in [0, 0.05) is 56.3 Å². The Labute approximate surface area is 257 Å². The first-order valence-electron chi connectivity index (χ1n) is 14.8. The van der Waals surface area contributed by atoms with Crippen LogP contribution in [0, 0.1) is 0 Å². The van der Waals surface area contributed by atoms with Gasteiger partial charge in [-0.15, -0.1) is 0 Å². The number of aliphatic hydroxyl groups is 1. The highest BCUT2D eigenvalue weighted by Gasteiger charge is 2.71. The summed E-state index contributed by atoms with van der Waals surface area (Å²) in [4.78, 5) is 23.3. The van der Waals surface area contributed by atoms with Crippen molar-refractivity contribution in [2.45, 2.75) is 63.1 Å². The molecule has 0 radical (unpaired) electrons. The summed E-state index contributed by atoms with van der Waals surface area (Å²) in [7, 11) is 0. The van der Waals surface area contributed by atoms with Gasteiger partial charge in [-0.1, -0.05) is 25.5 Å². The number of anilines is 1. The lowest BCUT2D eigenvalue weighted by Crippen LogP contribution is -2.56. The first-order valence-corrected chi connectivity index (χ1v) is 14.8. The number of nitrogens with zero attached hydrogens (tertiary/aromatic N) is 4. The van der Waals surface area contributed by atoms with Gasteiger partial charge < -0.3 is 24.4 Å². The van der Waals surface area contributed by atoms with E-state index in [0.29, 0.717) is 75.9 Å². The molecule has 2 fully saturated rings. The van der Waals surface area contributed by atoms with Crippen LogP contribution in [0.4, 0.5) is 32.0 Å². The molecule has 0 saturated carbocycles. The summed E-state index contributed by atoms with van der Waals surface area (Å²) in [5.41, 5.74) is -5.07. The van der Waals surface area contributed by atoms with E-state index < -0.39 is 29.1 Å². The molecule has 0 spiro atoms. The molecular weight excluding hydrogens is 608 g/mol. The van der Waals surface area contributed by atoms with Crippen molar-refractivity contribution in [1.29, 1.82) is 0 Å². The Morgan fingerprint density at radius 3 is 2.49 bits per heavy atom. The van der Waals surface area contributed by atoms with Crippen LogP contribution in [0.3, 0.4) is 0 Å². The molecule has 9 nitrogen and oxygen atoms in total. The summed E-state index contributed by atoms with van der Waals surface area (Å²) in [6.45, 7) is 8.70. The minimum Gasteiger partial charge on any atom is -0.484 e. The zero-order valence-corrected chi connectivity index (χ0v) is 25.3. The quantitative estimate of drug-likeness (QED) is 0.438. The molecule has 1 unspecified atom stereocenters. The highest BCUT2D eigenvalue weighted by atomic mass is 19.4. The van der Waals surface area contributed by atoms with Crippen molar-refractivity contribution >= 4 is 11.6 Å². The van der Waals surface area contributed by atoms with Gasteiger partial charge in [0.1, 0.15) is 13.2 Å². The van der Waals surface area contributed by atoms with Crippen molar-refractivity contribution in [3.63, 3.8) is 0 Å². The number of pyridine rings is 1. The van der Waals surface area contributed by atoms with Crippen molar-refractivity contribution in [2.24, 2.45) is 0 Å². The Morgan fingerprint density at radius 2 is 1.82 bits per heavy atom. The van der Waals surface area contributed by atoms with E-state index in [4.69, 9.17) is 9.47 Å². The third-order valence-electron chi connectivity index (χ3n) is 8.75. The maximum absolute atomic E-state index is 13.5. The second-order valence-electron chi connectivity index (χ2n) is 12.1. The van der Waals surface area contributed by atoms with Gasteiger partial charge in [-0.2, -0.15) is 26.3 Å². The van der Waals surface area contributed by atoms with Gasteiger partial charge in [-0.05, 0) is 43.5 Å². The van der Waals surface area contributed by atoms with Crippen LogP contribution in [0.25, 0.3) is 0 Å². The molecule has 2 N–H and O–H groups in total. The van der Waals surface area contributed by atoms with Crippen LogP contribution in [0.15, 0.2) is 30.5 Å². The number of aryl methyl sites for hydroxylation is 1. The summed E-state index contributed by atoms with van der Waals surface area (Å²) in [5.74, 6) is 0.947. The summed E-state index contributed by atoms with van der Waals surface area (Å²) >= 11 is 0. The molecule has 0 aliphatic carbocycles. The number of rotatable bonds is 7.